The molecule has 0 saturated carbocycles. The van der Waals surface area contributed by atoms with Gasteiger partial charge in [0.05, 0.1) is 44.0 Å². The van der Waals surface area contributed by atoms with Crippen molar-refractivity contribution in [3.8, 4) is 16.9 Å². The fraction of sp³-hybridized carbons (Fsp3) is 0.297. The summed E-state index contributed by atoms with van der Waals surface area (Å²) < 4.78 is 21.8. The van der Waals surface area contributed by atoms with E-state index in [-0.39, 0.29) is 30.1 Å². The lowest BCUT2D eigenvalue weighted by atomic mass is 9.66. The average molecular weight is 611 g/mol. The Hall–Kier alpha value is -4.50. The lowest BCUT2D eigenvalue weighted by Crippen LogP contribution is -2.30. The van der Waals surface area contributed by atoms with Crippen LogP contribution in [0.15, 0.2) is 72.8 Å². The molecule has 8 nitrogen and oxygen atoms in total. The van der Waals surface area contributed by atoms with Crippen LogP contribution in [0, 0.1) is 20.8 Å². The average Bonchev–Trinajstić information content (AvgIpc) is 3.29. The van der Waals surface area contributed by atoms with Crippen LogP contribution in [0.25, 0.3) is 11.1 Å². The molecule has 0 atom stereocenters. The van der Waals surface area contributed by atoms with Gasteiger partial charge in [0.15, 0.2) is 0 Å². The van der Waals surface area contributed by atoms with Crippen LogP contribution in [0.4, 0.5) is 0 Å². The Kier molecular flexibility index (Phi) is 9.68. The van der Waals surface area contributed by atoms with Gasteiger partial charge in [-0.05, 0) is 77.9 Å². The number of aromatic carboxylic acids is 2. The van der Waals surface area contributed by atoms with Crippen molar-refractivity contribution < 1.29 is 38.7 Å². The number of aryl methyl sites for hydroxylation is 3. The van der Waals surface area contributed by atoms with Crippen molar-refractivity contribution in [2.45, 2.75) is 26.2 Å². The van der Waals surface area contributed by atoms with Crippen molar-refractivity contribution in [3.63, 3.8) is 0 Å². The van der Waals surface area contributed by atoms with Crippen LogP contribution in [0.1, 0.15) is 59.7 Å². The zero-order valence-corrected chi connectivity index (χ0v) is 26.0. The topological polar surface area (TPSA) is 112 Å². The summed E-state index contributed by atoms with van der Waals surface area (Å²) in [6.45, 7) is 8.04. The number of fused-ring (bicyclic) bond motifs is 3. The van der Waals surface area contributed by atoms with Crippen LogP contribution >= 0.6 is 0 Å². The summed E-state index contributed by atoms with van der Waals surface area (Å²) >= 11 is 0. The van der Waals surface area contributed by atoms with Gasteiger partial charge in [0.2, 0.25) is 0 Å². The van der Waals surface area contributed by atoms with Crippen LogP contribution < -0.4 is 4.74 Å². The van der Waals surface area contributed by atoms with E-state index in [1.165, 1.54) is 0 Å². The molecule has 8 heteroatoms. The van der Waals surface area contributed by atoms with E-state index in [9.17, 15) is 19.8 Å². The number of methoxy groups -OCH3 is 1. The van der Waals surface area contributed by atoms with Gasteiger partial charge in [-0.1, -0.05) is 65.7 Å². The molecule has 1 aliphatic rings. The Bertz CT molecular complexity index is 1670. The Morgan fingerprint density at radius 2 is 1.13 bits per heavy atom. The fourth-order valence-corrected chi connectivity index (χ4v) is 6.16. The van der Waals surface area contributed by atoms with E-state index in [0.717, 1.165) is 38.9 Å². The molecular weight excluding hydrogens is 572 g/mol. The van der Waals surface area contributed by atoms with Crippen LogP contribution in [-0.4, -0.2) is 68.9 Å². The van der Waals surface area contributed by atoms with Gasteiger partial charge in [-0.3, -0.25) is 0 Å². The lowest BCUT2D eigenvalue weighted by Gasteiger charge is -2.35. The standard InChI is InChI=1S/C37H38O8/c1-23-5-10-28-29-11-6-24(2)20-33(29)37(32(28)19-23,26-8-7-25(3)30(21-26)35(38)39)27-9-12-34(31(22-27)36(40)41)45-18-17-44-16-15-43-14-13-42-4/h5-12,19-22H,13-18H2,1-4H3,(H,38,39)(H,40,41). The first-order chi connectivity index (χ1) is 21.7. The van der Waals surface area contributed by atoms with E-state index in [1.807, 2.05) is 32.0 Å². The van der Waals surface area contributed by atoms with Crippen molar-refractivity contribution in [3.05, 3.63) is 123 Å². The molecule has 4 aromatic carbocycles. The summed E-state index contributed by atoms with van der Waals surface area (Å²) in [7, 11) is 1.61. The van der Waals surface area contributed by atoms with E-state index in [1.54, 1.807) is 32.2 Å². The van der Waals surface area contributed by atoms with E-state index >= 15 is 0 Å². The van der Waals surface area contributed by atoms with Crippen LogP contribution in [-0.2, 0) is 19.6 Å². The fourth-order valence-electron chi connectivity index (χ4n) is 6.16. The highest BCUT2D eigenvalue weighted by molar-refractivity contribution is 5.94. The van der Waals surface area contributed by atoms with Crippen molar-refractivity contribution in [2.24, 2.45) is 0 Å². The van der Waals surface area contributed by atoms with Gasteiger partial charge in [0.25, 0.3) is 0 Å². The minimum atomic E-state index is -1.13. The molecule has 0 aromatic heterocycles. The van der Waals surface area contributed by atoms with Gasteiger partial charge in [-0.2, -0.15) is 0 Å². The Balaban J connectivity index is 1.60. The molecule has 0 amide bonds. The summed E-state index contributed by atoms with van der Waals surface area (Å²) in [5.41, 5.74) is 7.38. The highest BCUT2D eigenvalue weighted by Gasteiger charge is 2.47. The quantitative estimate of drug-likeness (QED) is 0.138. The Morgan fingerprint density at radius 3 is 1.69 bits per heavy atom. The van der Waals surface area contributed by atoms with E-state index in [0.29, 0.717) is 37.6 Å². The van der Waals surface area contributed by atoms with Crippen molar-refractivity contribution in [1.29, 1.82) is 0 Å². The van der Waals surface area contributed by atoms with Gasteiger partial charge in [-0.15, -0.1) is 0 Å². The Labute approximate surface area is 263 Å². The number of carboxylic acids is 2. The molecule has 234 valence electrons. The van der Waals surface area contributed by atoms with Gasteiger partial charge in [-0.25, -0.2) is 9.59 Å². The molecule has 0 spiro atoms. The predicted octanol–water partition coefficient (Wildman–Crippen LogP) is 6.43. The highest BCUT2D eigenvalue weighted by atomic mass is 16.6. The van der Waals surface area contributed by atoms with E-state index in [2.05, 4.69) is 36.4 Å². The van der Waals surface area contributed by atoms with Crippen LogP contribution in [0.5, 0.6) is 5.75 Å². The molecule has 4 aromatic rings. The predicted molar refractivity (Wildman–Crippen MR) is 171 cm³/mol. The third-order valence-electron chi connectivity index (χ3n) is 8.28. The van der Waals surface area contributed by atoms with Gasteiger partial charge < -0.3 is 29.2 Å². The second kappa shape index (κ2) is 13.6. The number of hydrogen-bond acceptors (Lipinski definition) is 6. The lowest BCUT2D eigenvalue weighted by molar-refractivity contribution is 0.0178. The molecule has 0 fully saturated rings. The third kappa shape index (κ3) is 6.22. The summed E-state index contributed by atoms with van der Waals surface area (Å²) in [6.07, 6.45) is 0. The van der Waals surface area contributed by atoms with Crippen LogP contribution in [0.2, 0.25) is 0 Å². The number of hydrogen-bond donors (Lipinski definition) is 2. The van der Waals surface area contributed by atoms with Gasteiger partial charge in [0, 0.05) is 7.11 Å². The summed E-state index contributed by atoms with van der Waals surface area (Å²) in [5.74, 6) is -1.92. The smallest absolute Gasteiger partial charge is 0.339 e. The second-order valence-corrected chi connectivity index (χ2v) is 11.3. The molecule has 5 rings (SSSR count). The first-order valence-electron chi connectivity index (χ1n) is 14.9. The van der Waals surface area contributed by atoms with Gasteiger partial charge >= 0.3 is 11.9 Å². The maximum absolute atomic E-state index is 12.7. The Morgan fingerprint density at radius 1 is 0.622 bits per heavy atom. The van der Waals surface area contributed by atoms with Crippen molar-refractivity contribution in [1.82, 2.24) is 0 Å². The molecule has 2 N–H and O–H groups in total. The molecular formula is C37H38O8. The minimum Gasteiger partial charge on any atom is -0.490 e. The molecule has 0 unspecified atom stereocenters. The molecule has 0 heterocycles. The maximum Gasteiger partial charge on any atom is 0.339 e. The molecule has 0 saturated heterocycles. The number of ether oxygens (including phenoxy) is 4. The second-order valence-electron chi connectivity index (χ2n) is 11.3. The maximum atomic E-state index is 12.7. The SMILES string of the molecule is COCCOCCOCCOc1ccc(C2(c3ccc(C)c(C(=O)O)c3)c3cc(C)ccc3-c3ccc(C)cc32)cc1C(=O)O. The largest absolute Gasteiger partial charge is 0.490 e. The molecule has 0 aliphatic heterocycles. The minimum absolute atomic E-state index is 0.00986. The van der Waals surface area contributed by atoms with E-state index in [4.69, 9.17) is 18.9 Å². The monoisotopic (exact) mass is 610 g/mol. The molecule has 0 radical (unpaired) electrons. The first kappa shape index (κ1) is 31.9. The normalized spacial score (nSPS) is 12.9. The first-order valence-corrected chi connectivity index (χ1v) is 14.9. The van der Waals surface area contributed by atoms with E-state index < -0.39 is 17.4 Å². The number of rotatable bonds is 14. The van der Waals surface area contributed by atoms with Gasteiger partial charge in [0.1, 0.15) is 17.9 Å². The summed E-state index contributed by atoms with van der Waals surface area (Å²) in [4.78, 5) is 25.0. The summed E-state index contributed by atoms with van der Waals surface area (Å²) in [6, 6.07) is 23.3. The molecule has 1 aliphatic carbocycles. The molecule has 0 bridgehead atoms. The van der Waals surface area contributed by atoms with Crippen molar-refractivity contribution in [2.75, 3.05) is 46.8 Å². The summed E-state index contributed by atoms with van der Waals surface area (Å²) in [5, 5.41) is 20.4. The van der Waals surface area contributed by atoms with Crippen LogP contribution in [0.3, 0.4) is 0 Å². The molecule has 45 heavy (non-hydrogen) atoms. The zero-order chi connectivity index (χ0) is 32.1. The highest BCUT2D eigenvalue weighted by Crippen LogP contribution is 2.57. The number of carboxylic acid groups (broad SMARTS) is 2. The third-order valence-corrected chi connectivity index (χ3v) is 8.28. The number of carbonyl (C=O) groups is 2. The zero-order valence-electron chi connectivity index (χ0n) is 26.0. The number of benzene rings is 4. The van der Waals surface area contributed by atoms with Crippen molar-refractivity contribution >= 4 is 11.9 Å².